The Morgan fingerprint density at radius 1 is 1.25 bits per heavy atom. The van der Waals surface area contributed by atoms with Gasteiger partial charge in [0, 0.05) is 18.5 Å². The molecule has 1 amide bonds. The van der Waals surface area contributed by atoms with Crippen molar-refractivity contribution in [3.63, 3.8) is 0 Å². The summed E-state index contributed by atoms with van der Waals surface area (Å²) in [6.45, 7) is 6.58. The molecule has 0 saturated heterocycles. The van der Waals surface area contributed by atoms with Crippen LogP contribution in [0, 0.1) is 5.41 Å². The van der Waals surface area contributed by atoms with E-state index in [0.717, 1.165) is 0 Å². The fourth-order valence-electron chi connectivity index (χ4n) is 2.74. The van der Waals surface area contributed by atoms with Gasteiger partial charge in [-0.3, -0.25) is 4.79 Å². The van der Waals surface area contributed by atoms with E-state index < -0.39 is 47.6 Å². The van der Waals surface area contributed by atoms with Crippen LogP contribution in [0.25, 0.3) is 0 Å². The number of halogens is 2. The zero-order valence-corrected chi connectivity index (χ0v) is 14.2. The second-order valence-corrected chi connectivity index (χ2v) is 6.62. The Labute approximate surface area is 139 Å². The second-order valence-electron chi connectivity index (χ2n) is 6.62. The summed E-state index contributed by atoms with van der Waals surface area (Å²) in [5, 5.41) is 29.0. The molecule has 0 aliphatic heterocycles. The Morgan fingerprint density at radius 2 is 1.75 bits per heavy atom. The molecule has 0 unspecified atom stereocenters. The third-order valence-electron chi connectivity index (χ3n) is 4.34. The fourth-order valence-corrected chi connectivity index (χ4v) is 2.74. The van der Waals surface area contributed by atoms with Crippen molar-refractivity contribution in [2.24, 2.45) is 5.41 Å². The van der Waals surface area contributed by atoms with E-state index in [0.29, 0.717) is 0 Å². The molecule has 4 atom stereocenters. The van der Waals surface area contributed by atoms with Gasteiger partial charge >= 0.3 is 12.0 Å². The lowest BCUT2D eigenvalue weighted by atomic mass is 9.73. The number of hydrogen-bond donors (Lipinski definition) is 3. The second kappa shape index (κ2) is 7.28. The van der Waals surface area contributed by atoms with E-state index in [9.17, 15) is 33.7 Å². The smallest absolute Gasteiger partial charge is 0.410 e. The number of ether oxygens (including phenoxy) is 1. The molecular weight excluding hydrogens is 328 g/mol. The predicted octanol–water partition coefficient (Wildman–Crippen LogP) is 0.550. The lowest BCUT2D eigenvalue weighted by Crippen LogP contribution is -2.61. The molecule has 3 N–H and O–H groups in total. The van der Waals surface area contributed by atoms with Gasteiger partial charge in [-0.1, -0.05) is 13.8 Å². The number of alkyl halides is 2. The van der Waals surface area contributed by atoms with E-state index in [1.54, 1.807) is 13.8 Å². The summed E-state index contributed by atoms with van der Waals surface area (Å²) in [5.74, 6) is -6.17. The van der Waals surface area contributed by atoms with Crippen LogP contribution in [-0.4, -0.2) is 75.5 Å². The van der Waals surface area contributed by atoms with Gasteiger partial charge in [0.15, 0.2) is 12.2 Å². The molecule has 1 rings (SSSR count). The first-order valence-electron chi connectivity index (χ1n) is 7.82. The molecule has 7 nitrogen and oxygen atoms in total. The molecular formula is C15H25F2NO6. The highest BCUT2D eigenvalue weighted by Gasteiger charge is 2.60. The van der Waals surface area contributed by atoms with Gasteiger partial charge in [-0.25, -0.2) is 4.79 Å². The van der Waals surface area contributed by atoms with E-state index in [4.69, 9.17) is 4.74 Å². The van der Waals surface area contributed by atoms with Crippen LogP contribution in [-0.2, 0) is 9.53 Å². The molecule has 1 saturated carbocycles. The molecule has 9 heteroatoms. The molecule has 1 aliphatic rings. The third kappa shape index (κ3) is 3.84. The highest BCUT2D eigenvalue weighted by molar-refractivity contribution is 5.92. The first-order chi connectivity index (χ1) is 10.9. The lowest BCUT2D eigenvalue weighted by Gasteiger charge is -2.41. The van der Waals surface area contributed by atoms with Gasteiger partial charge in [-0.15, -0.1) is 0 Å². The number of nitrogens with zero attached hydrogens (tertiary/aromatic N) is 1. The maximum Gasteiger partial charge on any atom is 0.410 e. The average Bonchev–Trinajstić information content (AvgIpc) is 2.50. The van der Waals surface area contributed by atoms with Gasteiger partial charge in [-0.05, 0) is 20.3 Å². The highest BCUT2D eigenvalue weighted by Crippen LogP contribution is 2.39. The zero-order chi connectivity index (χ0) is 18.9. The number of aliphatic hydroxyl groups excluding tert-OH is 3. The normalized spacial score (nSPS) is 32.6. The lowest BCUT2D eigenvalue weighted by molar-refractivity contribution is -0.208. The van der Waals surface area contributed by atoms with Crippen LogP contribution in [0.5, 0.6) is 0 Å². The first-order valence-corrected chi connectivity index (χ1v) is 7.82. The molecule has 24 heavy (non-hydrogen) atoms. The quantitative estimate of drug-likeness (QED) is 0.684. The number of hydrogen-bond acceptors (Lipinski definition) is 6. The van der Waals surface area contributed by atoms with Crippen molar-refractivity contribution in [1.82, 2.24) is 4.90 Å². The van der Waals surface area contributed by atoms with Gasteiger partial charge in [0.25, 0.3) is 0 Å². The summed E-state index contributed by atoms with van der Waals surface area (Å²) in [5.41, 5.74) is -1.37. The average molecular weight is 353 g/mol. The third-order valence-corrected chi connectivity index (χ3v) is 4.34. The number of amides is 1. The van der Waals surface area contributed by atoms with Crippen molar-refractivity contribution >= 4 is 11.9 Å². The maximum absolute atomic E-state index is 14.2. The van der Waals surface area contributed by atoms with Crippen LogP contribution in [0.4, 0.5) is 13.6 Å². The molecule has 0 heterocycles. The number of carbonyl (C=O) groups is 2. The Hall–Kier alpha value is -1.32. The van der Waals surface area contributed by atoms with Crippen LogP contribution in [0.15, 0.2) is 0 Å². The Morgan fingerprint density at radius 3 is 2.21 bits per heavy atom. The largest absolute Gasteiger partial charge is 0.437 e. The van der Waals surface area contributed by atoms with Gasteiger partial charge in [-0.2, -0.15) is 8.78 Å². The molecule has 1 fully saturated rings. The number of Topliss-reactive ketones (excluding diaryl/α,β-unsaturated/α-hetero) is 1. The molecule has 1 aliphatic carbocycles. The van der Waals surface area contributed by atoms with Crippen LogP contribution in [0.2, 0.25) is 0 Å². The molecule has 140 valence electrons. The van der Waals surface area contributed by atoms with Gasteiger partial charge in [0.1, 0.15) is 6.10 Å². The van der Waals surface area contributed by atoms with Crippen LogP contribution < -0.4 is 0 Å². The van der Waals surface area contributed by atoms with Crippen LogP contribution in [0.3, 0.4) is 0 Å². The monoisotopic (exact) mass is 353 g/mol. The van der Waals surface area contributed by atoms with Crippen molar-refractivity contribution in [1.29, 1.82) is 0 Å². The number of rotatable bonds is 3. The summed E-state index contributed by atoms with van der Waals surface area (Å²) in [6.07, 6.45) is -9.81. The summed E-state index contributed by atoms with van der Waals surface area (Å²) in [6, 6.07) is 0. The molecule has 0 spiro atoms. The zero-order valence-electron chi connectivity index (χ0n) is 14.2. The summed E-state index contributed by atoms with van der Waals surface area (Å²) >= 11 is 0. The minimum absolute atomic E-state index is 0.261. The van der Waals surface area contributed by atoms with Crippen molar-refractivity contribution in [3.05, 3.63) is 0 Å². The fraction of sp³-hybridized carbons (Fsp3) is 0.867. The summed E-state index contributed by atoms with van der Waals surface area (Å²) in [7, 11) is 0. The Kier molecular flexibility index (Phi) is 6.29. The Bertz CT molecular complexity index is 481. The van der Waals surface area contributed by atoms with E-state index in [2.05, 4.69) is 0 Å². The first kappa shape index (κ1) is 20.7. The molecule has 0 aromatic heterocycles. The van der Waals surface area contributed by atoms with E-state index in [1.165, 1.54) is 18.7 Å². The minimum Gasteiger partial charge on any atom is -0.437 e. The van der Waals surface area contributed by atoms with E-state index >= 15 is 0 Å². The molecule has 0 aromatic carbocycles. The van der Waals surface area contributed by atoms with E-state index in [1.807, 2.05) is 0 Å². The maximum atomic E-state index is 14.2. The number of ketones is 1. The topological polar surface area (TPSA) is 107 Å². The summed E-state index contributed by atoms with van der Waals surface area (Å²) < 4.78 is 33.4. The molecule has 0 bridgehead atoms. The Balaban J connectivity index is 3.23. The minimum atomic E-state index is -4.37. The van der Waals surface area contributed by atoms with Crippen molar-refractivity contribution < 1.29 is 38.4 Å². The van der Waals surface area contributed by atoms with Crippen LogP contribution >= 0.6 is 0 Å². The van der Waals surface area contributed by atoms with Crippen LogP contribution in [0.1, 0.15) is 34.1 Å². The van der Waals surface area contributed by atoms with Crippen molar-refractivity contribution in [2.75, 3.05) is 13.1 Å². The molecule has 0 radical (unpaired) electrons. The number of carbonyl (C=O) groups excluding carboxylic acids is 2. The van der Waals surface area contributed by atoms with Crippen molar-refractivity contribution in [2.45, 2.75) is 64.5 Å². The number of aliphatic hydroxyl groups is 3. The van der Waals surface area contributed by atoms with Gasteiger partial charge in [0.2, 0.25) is 5.78 Å². The standard InChI is InChI=1S/C15H25F2NO6/c1-5-18(6-2)13(23)24-12-11(22)15(16,17)10(21)9(20)8(19)7-14(12,3)4/h8-10,12,19-21H,5-7H2,1-4H3/t8-,9-,10+,12+/m0/s1. The van der Waals surface area contributed by atoms with Gasteiger partial charge in [0.05, 0.1) is 6.10 Å². The summed E-state index contributed by atoms with van der Waals surface area (Å²) in [4.78, 5) is 25.5. The molecule has 0 aromatic rings. The van der Waals surface area contributed by atoms with Gasteiger partial charge < -0.3 is 25.0 Å². The highest BCUT2D eigenvalue weighted by atomic mass is 19.3. The van der Waals surface area contributed by atoms with E-state index in [-0.39, 0.29) is 19.5 Å². The predicted molar refractivity (Wildman–Crippen MR) is 79.6 cm³/mol. The SMILES string of the molecule is CCN(CC)C(=O)O[C@@H]1C(=O)C(F)(F)[C@H](O)[C@@H](O)[C@@H](O)CC1(C)C. The van der Waals surface area contributed by atoms with Crippen molar-refractivity contribution in [3.8, 4) is 0 Å².